The Hall–Kier alpha value is -3.54. The smallest absolute Gasteiger partial charge is 0.407 e. The van der Waals surface area contributed by atoms with E-state index in [0.29, 0.717) is 32.1 Å². The van der Waals surface area contributed by atoms with Crippen molar-refractivity contribution in [2.24, 2.45) is 11.8 Å². The SMILES string of the molecule is C#CCCCC(=O)C[C@H](Cc1ccccc1)C(=O)C[C@@H](CCCCNC(=O)O[C@@H]1C(O)[C@@H](OC)OC(CO[C@H]2OC(COC)[C@@H](O)[C@H](O)C2O)[C@H]1O)C(=O)OCC. The van der Waals surface area contributed by atoms with Crippen molar-refractivity contribution in [3.8, 4) is 12.3 Å². The number of alkyl carbamates (subject to hydrolysis) is 1. The van der Waals surface area contributed by atoms with Crippen LogP contribution in [-0.4, -0.2) is 151 Å². The maximum absolute atomic E-state index is 13.6. The Kier molecular flexibility index (Phi) is 21.0. The minimum Gasteiger partial charge on any atom is -0.466 e. The van der Waals surface area contributed by atoms with Crippen LogP contribution in [0.1, 0.15) is 63.9 Å². The summed E-state index contributed by atoms with van der Waals surface area (Å²) in [6.07, 6.45) is -7.73. The van der Waals surface area contributed by atoms with Crippen molar-refractivity contribution in [1.29, 1.82) is 0 Å². The normalized spacial score (nSPS) is 28.4. The van der Waals surface area contributed by atoms with Gasteiger partial charge in [0.1, 0.15) is 54.3 Å². The summed E-state index contributed by atoms with van der Waals surface area (Å²) in [6.45, 7) is 1.28. The molecule has 1 aromatic rings. The van der Waals surface area contributed by atoms with Crippen molar-refractivity contribution in [2.75, 3.05) is 40.6 Å². The van der Waals surface area contributed by atoms with Crippen LogP contribution in [0.4, 0.5) is 4.79 Å². The molecule has 0 aliphatic carbocycles. The Balaban J connectivity index is 1.54. The molecule has 2 aliphatic rings. The molecule has 0 aromatic heterocycles. The zero-order valence-corrected chi connectivity index (χ0v) is 32.8. The van der Waals surface area contributed by atoms with Gasteiger partial charge in [0.25, 0.3) is 0 Å². The number of terminal acetylenes is 1. The number of esters is 1. The monoisotopic (exact) mass is 809 g/mol. The molecule has 17 heteroatoms. The van der Waals surface area contributed by atoms with Crippen LogP contribution >= 0.6 is 0 Å². The quantitative estimate of drug-likeness (QED) is 0.0475. The van der Waals surface area contributed by atoms with Crippen molar-refractivity contribution in [3.63, 3.8) is 0 Å². The fourth-order valence-corrected chi connectivity index (χ4v) is 6.73. The Morgan fingerprint density at radius 3 is 2.21 bits per heavy atom. The molecular formula is C40H59NO16. The summed E-state index contributed by atoms with van der Waals surface area (Å²) < 4.78 is 37.4. The minimum absolute atomic E-state index is 0.0395. The fourth-order valence-electron chi connectivity index (χ4n) is 6.73. The van der Waals surface area contributed by atoms with Crippen LogP contribution in [0.15, 0.2) is 30.3 Å². The van der Waals surface area contributed by atoms with Crippen LogP contribution in [-0.2, 0) is 54.0 Å². The largest absolute Gasteiger partial charge is 0.466 e. The van der Waals surface area contributed by atoms with Crippen LogP contribution in [0.2, 0.25) is 0 Å². The van der Waals surface area contributed by atoms with Gasteiger partial charge < -0.3 is 64.0 Å². The fraction of sp³-hybridized carbons (Fsp3) is 0.700. The number of benzene rings is 1. The lowest BCUT2D eigenvalue weighted by atomic mass is 9.84. The number of ketones is 2. The second kappa shape index (κ2) is 25.1. The summed E-state index contributed by atoms with van der Waals surface area (Å²) in [5.74, 6) is 0.306. The maximum atomic E-state index is 13.6. The Morgan fingerprint density at radius 1 is 0.842 bits per heavy atom. The highest BCUT2D eigenvalue weighted by Crippen LogP contribution is 2.28. The highest BCUT2D eigenvalue weighted by molar-refractivity contribution is 5.90. The van der Waals surface area contributed by atoms with Gasteiger partial charge in [-0.1, -0.05) is 36.8 Å². The van der Waals surface area contributed by atoms with Gasteiger partial charge in [-0.3, -0.25) is 14.4 Å². The first-order valence-electron chi connectivity index (χ1n) is 19.3. The molecule has 1 amide bonds. The standard InChI is InChI=1S/C40H59NO16/c1-5-7-9-17-27(42)20-26(19-24-14-10-8-11-15-24)28(43)21-25(37(49)53-6-2)16-12-13-18-41-40(50)57-36-32(45)30(55-38(52-4)35(36)48)23-54-39-34(47)33(46)31(44)29(56-39)22-51-3/h1,8,10-11,14-15,25-26,29-36,38-39,44-48H,6-7,9,12-13,16-23H2,2-4H3,(H,41,50)/t25-,26+,29?,30?,31-,32-,33+,34?,35?,36+,38+,39+/m1/s1. The molecule has 2 aliphatic heterocycles. The molecule has 4 unspecified atom stereocenters. The predicted molar refractivity (Wildman–Crippen MR) is 200 cm³/mol. The number of hydrogen-bond acceptors (Lipinski definition) is 16. The third-order valence-electron chi connectivity index (χ3n) is 9.89. The molecule has 320 valence electrons. The lowest BCUT2D eigenvalue weighted by molar-refractivity contribution is -0.328. The molecule has 0 spiro atoms. The summed E-state index contributed by atoms with van der Waals surface area (Å²) in [6, 6.07) is 9.34. The number of Topliss-reactive ketones (excluding diaryl/α,β-unsaturated/α-hetero) is 2. The van der Waals surface area contributed by atoms with E-state index in [0.717, 1.165) is 5.56 Å². The molecule has 3 rings (SSSR count). The summed E-state index contributed by atoms with van der Waals surface area (Å²) in [5.41, 5.74) is 0.896. The lowest BCUT2D eigenvalue weighted by Gasteiger charge is -2.43. The Labute approximate surface area is 333 Å². The number of aliphatic hydroxyl groups is 5. The number of carbonyl (C=O) groups is 4. The molecule has 0 bridgehead atoms. The molecule has 0 radical (unpaired) electrons. The second-order valence-corrected chi connectivity index (χ2v) is 14.2. The first-order valence-corrected chi connectivity index (χ1v) is 19.3. The van der Waals surface area contributed by atoms with Crippen molar-refractivity contribution >= 4 is 23.6 Å². The van der Waals surface area contributed by atoms with Gasteiger partial charge >= 0.3 is 12.1 Å². The molecule has 17 nitrogen and oxygen atoms in total. The Bertz CT molecular complexity index is 1420. The number of hydrogen-bond donors (Lipinski definition) is 6. The second-order valence-electron chi connectivity index (χ2n) is 14.2. The van der Waals surface area contributed by atoms with E-state index in [1.54, 1.807) is 6.92 Å². The van der Waals surface area contributed by atoms with E-state index in [2.05, 4.69) is 11.2 Å². The molecule has 2 saturated heterocycles. The summed E-state index contributed by atoms with van der Waals surface area (Å²) in [7, 11) is 2.58. The van der Waals surface area contributed by atoms with Gasteiger partial charge in [-0.25, -0.2) is 4.79 Å². The van der Waals surface area contributed by atoms with Gasteiger partial charge in [0.15, 0.2) is 18.7 Å². The predicted octanol–water partition coefficient (Wildman–Crippen LogP) is 0.575. The summed E-state index contributed by atoms with van der Waals surface area (Å²) in [5, 5.41) is 55.1. The molecule has 57 heavy (non-hydrogen) atoms. The number of nitrogens with one attached hydrogen (secondary N) is 1. The van der Waals surface area contributed by atoms with Gasteiger partial charge in [0.2, 0.25) is 0 Å². The molecule has 6 N–H and O–H groups in total. The van der Waals surface area contributed by atoms with Gasteiger partial charge in [0.05, 0.1) is 25.7 Å². The number of ether oxygens (including phenoxy) is 7. The molecule has 12 atom stereocenters. The zero-order chi connectivity index (χ0) is 41.9. The third kappa shape index (κ3) is 15.0. The molecule has 2 heterocycles. The van der Waals surface area contributed by atoms with Crippen LogP contribution in [0.25, 0.3) is 0 Å². The van der Waals surface area contributed by atoms with Gasteiger partial charge in [-0.05, 0) is 38.2 Å². The van der Waals surface area contributed by atoms with Crippen LogP contribution in [0.5, 0.6) is 0 Å². The first-order chi connectivity index (χ1) is 27.3. The van der Waals surface area contributed by atoms with Gasteiger partial charge in [-0.2, -0.15) is 0 Å². The molecular weight excluding hydrogens is 750 g/mol. The van der Waals surface area contributed by atoms with E-state index in [1.165, 1.54) is 14.2 Å². The first kappa shape index (κ1) is 47.8. The number of carbonyl (C=O) groups excluding carboxylic acids is 4. The lowest BCUT2D eigenvalue weighted by Crippen LogP contribution is -2.62. The van der Waals surface area contributed by atoms with E-state index >= 15 is 0 Å². The van der Waals surface area contributed by atoms with Crippen molar-refractivity contribution < 1.29 is 77.9 Å². The average molecular weight is 810 g/mol. The van der Waals surface area contributed by atoms with E-state index in [4.69, 9.17) is 39.6 Å². The zero-order valence-electron chi connectivity index (χ0n) is 32.8. The van der Waals surface area contributed by atoms with Crippen LogP contribution < -0.4 is 5.32 Å². The van der Waals surface area contributed by atoms with Crippen LogP contribution in [0, 0.1) is 24.2 Å². The molecule has 2 fully saturated rings. The number of methoxy groups -OCH3 is 2. The number of unbranched alkanes of at least 4 members (excludes halogenated alkanes) is 2. The van der Waals surface area contributed by atoms with E-state index in [9.17, 15) is 44.7 Å². The highest BCUT2D eigenvalue weighted by atomic mass is 16.7. The summed E-state index contributed by atoms with van der Waals surface area (Å²) in [4.78, 5) is 52.2. The number of amides is 1. The Morgan fingerprint density at radius 2 is 1.54 bits per heavy atom. The summed E-state index contributed by atoms with van der Waals surface area (Å²) >= 11 is 0. The van der Waals surface area contributed by atoms with E-state index < -0.39 is 91.9 Å². The number of aliphatic hydroxyl groups excluding tert-OH is 5. The van der Waals surface area contributed by atoms with E-state index in [1.807, 2.05) is 30.3 Å². The third-order valence-corrected chi connectivity index (χ3v) is 9.89. The van der Waals surface area contributed by atoms with Gasteiger partial charge in [0, 0.05) is 52.4 Å². The van der Waals surface area contributed by atoms with Crippen molar-refractivity contribution in [2.45, 2.75) is 126 Å². The topological polar surface area (TPSA) is 246 Å². The molecule has 0 saturated carbocycles. The minimum atomic E-state index is -1.66. The molecule has 1 aromatic carbocycles. The van der Waals surface area contributed by atoms with Crippen molar-refractivity contribution in [1.82, 2.24) is 5.32 Å². The van der Waals surface area contributed by atoms with Crippen molar-refractivity contribution in [3.05, 3.63) is 35.9 Å². The highest BCUT2D eigenvalue weighted by Gasteiger charge is 2.49. The van der Waals surface area contributed by atoms with E-state index in [-0.39, 0.29) is 57.0 Å². The number of rotatable bonds is 24. The average Bonchev–Trinajstić information content (AvgIpc) is 3.19. The van der Waals surface area contributed by atoms with Crippen LogP contribution in [0.3, 0.4) is 0 Å². The maximum Gasteiger partial charge on any atom is 0.407 e. The van der Waals surface area contributed by atoms with Gasteiger partial charge in [-0.15, -0.1) is 12.3 Å².